The number of rotatable bonds is 28. The van der Waals surface area contributed by atoms with E-state index in [2.05, 4.69) is 42.5 Å². The first-order valence-electron chi connectivity index (χ1n) is 41.9. The molecule has 12 N–H and O–H groups in total. The molecule has 0 fully saturated rings. The average Bonchev–Trinajstić information content (AvgIpc) is 0.762. The average molecular weight is 2020 g/mol. The van der Waals surface area contributed by atoms with Crippen molar-refractivity contribution < 1.29 is 92.5 Å². The third kappa shape index (κ3) is 27.6. The van der Waals surface area contributed by atoms with Crippen LogP contribution in [0, 0.1) is 48.5 Å². The standard InChI is InChI=1S/2C25H25ClN2O5S.C25H26N2O5S.C24H21Cl3N2O5S/c1-4-23(34(32,33)18-10-6-8-16(3)12-18)25(31)27-20-14-22(29)21(13-19(20)26)28-24(30)17-9-5-7-15(2)11-17;1-4-23(34(32,33)18-7-5-6-16(3)12-18)25(31)27-20-14-22(29)21(13-19(20)26)28-24(30)17-10-8-15(2)9-11-17;1-4-23(33(31,32)20-10-6-8-17(3)14-20)25(30)26-19-11-12-21(22(28)15-19)27-24(29)18-9-5-7-16(2)13-18;1-3-22(35(33,34)15-6-4-5-13(2)9-15)24(32)28-19-12-21(30)20(11-18(19)27)29-23(31)14-7-8-16(25)17(26)10-14/h2*5-14,23,29H,4H2,1-3H3,(H,27,31)(H,28,30);5-15,23,28H,4H2,1-3H3,(H,26,30)(H,27,29);4-12,22,30H,3H2,1-2H3,(H,28,32)(H,29,31). The molecule has 0 aliphatic rings. The summed E-state index contributed by atoms with van der Waals surface area (Å²) in [7, 11) is -15.8. The number of phenols is 4. The fraction of sp³-hybridized carbons (Fsp3) is 0.192. The summed E-state index contributed by atoms with van der Waals surface area (Å²) in [4.78, 5) is 102. The molecule has 4 atom stereocenters. The number of hydrogen-bond acceptors (Lipinski definition) is 20. The Morgan fingerprint density at radius 3 is 0.794 bits per heavy atom. The van der Waals surface area contributed by atoms with Crippen LogP contribution in [0.15, 0.2) is 262 Å². The lowest BCUT2D eigenvalue weighted by molar-refractivity contribution is -0.116. The van der Waals surface area contributed by atoms with Gasteiger partial charge in [0.1, 0.15) is 44.0 Å². The summed E-state index contributed by atoms with van der Waals surface area (Å²) in [6.45, 7) is 19.1. The largest absolute Gasteiger partial charge is 0.506 e. The maximum Gasteiger partial charge on any atom is 0.255 e. The van der Waals surface area contributed by atoms with E-state index >= 15 is 0 Å². The van der Waals surface area contributed by atoms with Crippen molar-refractivity contribution in [2.24, 2.45) is 0 Å². The van der Waals surface area contributed by atoms with Crippen molar-refractivity contribution in [3.63, 3.8) is 0 Å². The molecule has 712 valence electrons. The molecule has 0 aliphatic carbocycles. The minimum atomic E-state index is -3.97. The van der Waals surface area contributed by atoms with E-state index in [1.807, 2.05) is 32.9 Å². The van der Waals surface area contributed by atoms with Crippen molar-refractivity contribution in [1.29, 1.82) is 0 Å². The number of aromatic hydroxyl groups is 4. The number of sulfone groups is 4. The van der Waals surface area contributed by atoms with Crippen LogP contribution in [0.5, 0.6) is 23.0 Å². The van der Waals surface area contributed by atoms with Gasteiger partial charge >= 0.3 is 0 Å². The fourth-order valence-electron chi connectivity index (χ4n) is 13.6. The van der Waals surface area contributed by atoms with Gasteiger partial charge < -0.3 is 63.0 Å². The number of nitrogens with one attached hydrogen (secondary N) is 8. The number of hydrogen-bond donors (Lipinski definition) is 12. The van der Waals surface area contributed by atoms with Crippen LogP contribution in [0.25, 0.3) is 0 Å². The molecule has 0 saturated heterocycles. The second-order valence-corrected chi connectivity index (χ2v) is 41.9. The van der Waals surface area contributed by atoms with E-state index in [1.165, 1.54) is 103 Å². The lowest BCUT2D eigenvalue weighted by atomic mass is 10.1. The number of phenolic OH excluding ortho intramolecular Hbond substituents is 4. The molecule has 0 bridgehead atoms. The second kappa shape index (κ2) is 46.9. The number of carbonyl (C=O) groups excluding carboxylic acids is 8. The van der Waals surface area contributed by atoms with Crippen molar-refractivity contribution in [3.05, 3.63) is 329 Å². The third-order valence-electron chi connectivity index (χ3n) is 20.8. The first-order chi connectivity index (χ1) is 64.1. The maximum absolute atomic E-state index is 13.0. The Hall–Kier alpha value is -13.2. The number of halogens is 5. The minimum absolute atomic E-state index is 0.0143. The van der Waals surface area contributed by atoms with Crippen LogP contribution in [0.1, 0.15) is 134 Å². The van der Waals surface area contributed by atoms with Crippen molar-refractivity contribution in [3.8, 4) is 23.0 Å². The summed E-state index contributed by atoms with van der Waals surface area (Å²) in [6, 6.07) is 61.9. The van der Waals surface area contributed by atoms with Crippen molar-refractivity contribution in [1.82, 2.24) is 0 Å². The minimum Gasteiger partial charge on any atom is -0.506 e. The monoisotopic (exact) mass is 2020 g/mol. The quantitative estimate of drug-likeness (QED) is 0.0203. The molecule has 12 aromatic rings. The zero-order valence-electron chi connectivity index (χ0n) is 75.1. The van der Waals surface area contributed by atoms with Crippen molar-refractivity contribution in [2.75, 3.05) is 42.5 Å². The summed E-state index contributed by atoms with van der Waals surface area (Å²) < 4.78 is 104. The molecule has 0 aliphatic heterocycles. The van der Waals surface area contributed by atoms with E-state index in [1.54, 1.807) is 165 Å². The summed E-state index contributed by atoms with van der Waals surface area (Å²) in [5.41, 5.74) is 7.78. The smallest absolute Gasteiger partial charge is 0.255 e. The molecular weight excluding hydrogens is 1930 g/mol. The van der Waals surface area contributed by atoms with Gasteiger partial charge in [-0.25, -0.2) is 33.7 Å². The summed E-state index contributed by atoms with van der Waals surface area (Å²) in [5.74, 6) is -6.24. The Morgan fingerprint density at radius 1 is 0.243 bits per heavy atom. The van der Waals surface area contributed by atoms with Crippen molar-refractivity contribution in [2.45, 2.75) is 142 Å². The van der Waals surface area contributed by atoms with Crippen LogP contribution >= 0.6 is 58.0 Å². The van der Waals surface area contributed by atoms with Crippen LogP contribution in [0.3, 0.4) is 0 Å². The van der Waals surface area contributed by atoms with Gasteiger partial charge in [-0.2, -0.15) is 0 Å². The molecule has 28 nitrogen and oxygen atoms in total. The van der Waals surface area contributed by atoms with E-state index in [0.717, 1.165) is 57.1 Å². The predicted octanol–water partition coefficient (Wildman–Crippen LogP) is 20.8. The Labute approximate surface area is 813 Å². The molecule has 0 spiro atoms. The second-order valence-electron chi connectivity index (χ2n) is 31.3. The first kappa shape index (κ1) is 107. The summed E-state index contributed by atoms with van der Waals surface area (Å²) >= 11 is 30.6. The molecular formula is C99H97Cl5N8O20S4. The van der Waals surface area contributed by atoms with Crippen LogP contribution in [0.2, 0.25) is 25.1 Å². The Morgan fingerprint density at radius 2 is 0.507 bits per heavy atom. The highest BCUT2D eigenvalue weighted by Gasteiger charge is 2.38. The number of aryl methyl sites for hydroxylation is 7. The number of carbonyl (C=O) groups is 8. The Bertz CT molecular complexity index is 7080. The molecule has 12 rings (SSSR count). The highest BCUT2D eigenvalue weighted by molar-refractivity contribution is 7.93. The van der Waals surface area contributed by atoms with Gasteiger partial charge in [0.15, 0.2) is 39.3 Å². The van der Waals surface area contributed by atoms with Gasteiger partial charge in [-0.1, -0.05) is 187 Å². The van der Waals surface area contributed by atoms with Gasteiger partial charge in [0, 0.05) is 52.2 Å². The van der Waals surface area contributed by atoms with E-state index in [0.29, 0.717) is 16.7 Å². The van der Waals surface area contributed by atoms with Crippen LogP contribution in [-0.2, 0) is 58.5 Å². The highest BCUT2D eigenvalue weighted by atomic mass is 35.5. The van der Waals surface area contributed by atoms with Crippen molar-refractivity contribution >= 4 is 190 Å². The van der Waals surface area contributed by atoms with Gasteiger partial charge in [-0.05, 0) is 230 Å². The fourth-order valence-corrected chi connectivity index (χ4v) is 21.4. The lowest BCUT2D eigenvalue weighted by Gasteiger charge is -2.18. The molecule has 4 unspecified atom stereocenters. The molecule has 0 radical (unpaired) electrons. The lowest BCUT2D eigenvalue weighted by Crippen LogP contribution is -2.34. The zero-order chi connectivity index (χ0) is 100. The van der Waals surface area contributed by atoms with E-state index < -0.39 is 107 Å². The van der Waals surface area contributed by atoms with E-state index in [9.17, 15) is 92.5 Å². The maximum atomic E-state index is 13.0. The van der Waals surface area contributed by atoms with Crippen LogP contribution < -0.4 is 42.5 Å². The normalized spacial score (nSPS) is 12.1. The van der Waals surface area contributed by atoms with Gasteiger partial charge in [0.2, 0.25) is 23.6 Å². The molecule has 0 saturated carbocycles. The third-order valence-corrected chi connectivity index (χ3v) is 31.3. The molecule has 0 aromatic heterocycles. The van der Waals surface area contributed by atoms with Gasteiger partial charge in [0.05, 0.1) is 84.5 Å². The number of anilines is 8. The van der Waals surface area contributed by atoms with Crippen LogP contribution in [-0.4, -0.2) is 122 Å². The summed E-state index contributed by atoms with van der Waals surface area (Å²) in [5, 5.41) is 56.9. The molecule has 136 heavy (non-hydrogen) atoms. The summed E-state index contributed by atoms with van der Waals surface area (Å²) in [6.07, 6.45) is 0.176. The zero-order valence-corrected chi connectivity index (χ0v) is 82.1. The van der Waals surface area contributed by atoms with E-state index in [4.69, 9.17) is 58.0 Å². The van der Waals surface area contributed by atoms with Gasteiger partial charge in [0.25, 0.3) is 23.6 Å². The number of benzene rings is 12. The van der Waals surface area contributed by atoms with Gasteiger partial charge in [-0.3, -0.25) is 38.4 Å². The van der Waals surface area contributed by atoms with E-state index in [-0.39, 0.29) is 145 Å². The van der Waals surface area contributed by atoms with Crippen LogP contribution in [0.4, 0.5) is 45.5 Å². The first-order valence-corrected chi connectivity index (χ1v) is 49.9. The number of amides is 8. The topological polar surface area (TPSA) is 450 Å². The Kier molecular flexibility index (Phi) is 36.7. The molecule has 37 heteroatoms. The van der Waals surface area contributed by atoms with Gasteiger partial charge in [-0.15, -0.1) is 0 Å². The molecule has 8 amide bonds. The molecule has 12 aromatic carbocycles. The highest BCUT2D eigenvalue weighted by Crippen LogP contribution is 2.40. The molecule has 0 heterocycles. The Balaban J connectivity index is 0.000000203. The predicted molar refractivity (Wildman–Crippen MR) is 534 cm³/mol. The SMILES string of the molecule is CCC(C(=O)Nc1cc(O)c(NC(=O)c2ccc(C)cc2)cc1Cl)S(=O)(=O)c1cccc(C)c1.CCC(C(=O)Nc1cc(O)c(NC(=O)c2ccc(Cl)c(Cl)c2)cc1Cl)S(=O)(=O)c1cccc(C)c1.CCC(C(=O)Nc1cc(O)c(NC(=O)c2cccc(C)c2)cc1Cl)S(=O)(=O)c1cccc(C)c1.CCC(C(=O)Nc1ccc(NC(=O)c2cccc(C)c2)c(O)c1)S(=O)(=O)c1cccc(C)c1.